The van der Waals surface area contributed by atoms with Gasteiger partial charge in [0.1, 0.15) is 11.6 Å². The van der Waals surface area contributed by atoms with Crippen molar-refractivity contribution in [2.24, 2.45) is 0 Å². The van der Waals surface area contributed by atoms with Crippen LogP contribution in [0.3, 0.4) is 0 Å². The Balaban J connectivity index is 2.00. The minimum atomic E-state index is -0.459. The zero-order valence-electron chi connectivity index (χ0n) is 13.2. The highest BCUT2D eigenvalue weighted by Crippen LogP contribution is 2.22. The topological polar surface area (TPSA) is 65.7 Å². The molecule has 0 aliphatic carbocycles. The van der Waals surface area contributed by atoms with Crippen molar-refractivity contribution in [2.75, 3.05) is 0 Å². The molecule has 0 amide bonds. The number of fused-ring (bicyclic) bond motifs is 4. The molecule has 0 spiro atoms. The van der Waals surface area contributed by atoms with Gasteiger partial charge in [-0.15, -0.1) is 0 Å². The number of H-pyrrole nitrogens is 2. The predicted octanol–water partition coefficient (Wildman–Crippen LogP) is 3.95. The zero-order valence-corrected chi connectivity index (χ0v) is 13.2. The van der Waals surface area contributed by atoms with E-state index < -0.39 is 11.6 Å². The molecule has 0 saturated carbocycles. The molecule has 5 aromatic rings. The van der Waals surface area contributed by atoms with E-state index in [0.29, 0.717) is 43.6 Å². The minimum Gasteiger partial charge on any atom is -0.354 e. The third-order valence-electron chi connectivity index (χ3n) is 4.64. The van der Waals surface area contributed by atoms with Crippen molar-refractivity contribution in [1.29, 1.82) is 0 Å². The van der Waals surface area contributed by atoms with E-state index in [-0.39, 0.29) is 10.9 Å². The van der Waals surface area contributed by atoms with Crippen molar-refractivity contribution in [3.05, 3.63) is 80.6 Å². The van der Waals surface area contributed by atoms with Crippen molar-refractivity contribution in [2.45, 2.75) is 0 Å². The highest BCUT2D eigenvalue weighted by Gasteiger charge is 2.11. The quantitative estimate of drug-likeness (QED) is 0.416. The second-order valence-electron chi connectivity index (χ2n) is 6.23. The van der Waals surface area contributed by atoms with Crippen LogP contribution < -0.4 is 10.9 Å². The SMILES string of the molecule is O=c1c2ccc(F)cc2[nH]c2cc3c(=O)c4ccc(F)cc4[nH]c3cc12. The van der Waals surface area contributed by atoms with Gasteiger partial charge in [0.15, 0.2) is 10.9 Å². The van der Waals surface area contributed by atoms with Gasteiger partial charge in [-0.25, -0.2) is 8.78 Å². The summed E-state index contributed by atoms with van der Waals surface area (Å²) in [4.78, 5) is 31.5. The van der Waals surface area contributed by atoms with Gasteiger partial charge in [0.25, 0.3) is 0 Å². The van der Waals surface area contributed by atoms with Crippen LogP contribution in [0.4, 0.5) is 8.78 Å². The van der Waals surface area contributed by atoms with Crippen LogP contribution >= 0.6 is 0 Å². The molecular weight excluding hydrogens is 338 g/mol. The molecule has 2 heterocycles. The molecule has 0 fully saturated rings. The third-order valence-corrected chi connectivity index (χ3v) is 4.64. The standard InChI is InChI=1S/C20H10F2N2O2/c21-9-1-3-11-15(5-9)23-17-8-14-18(7-13(17)19(11)25)24-16-6-10(22)2-4-12(16)20(14)26/h1-8H,(H,23,25)(H,24,26). The lowest BCUT2D eigenvalue weighted by Gasteiger charge is -2.07. The van der Waals surface area contributed by atoms with Crippen LogP contribution in [0.5, 0.6) is 0 Å². The van der Waals surface area contributed by atoms with Gasteiger partial charge in [0, 0.05) is 21.5 Å². The van der Waals surface area contributed by atoms with Gasteiger partial charge in [-0.3, -0.25) is 9.59 Å². The molecule has 2 aromatic heterocycles. The first kappa shape index (κ1) is 14.8. The molecule has 6 heteroatoms. The number of benzene rings is 3. The van der Waals surface area contributed by atoms with Gasteiger partial charge in [-0.2, -0.15) is 0 Å². The van der Waals surface area contributed by atoms with E-state index in [4.69, 9.17) is 0 Å². The summed E-state index contributed by atoms with van der Waals surface area (Å²) in [5, 5.41) is 1.44. The molecule has 0 saturated heterocycles. The van der Waals surface area contributed by atoms with E-state index in [1.54, 1.807) is 12.1 Å². The summed E-state index contributed by atoms with van der Waals surface area (Å²) in [5.41, 5.74) is 1.06. The van der Waals surface area contributed by atoms with Gasteiger partial charge in [-0.1, -0.05) is 0 Å². The van der Waals surface area contributed by atoms with Gasteiger partial charge in [-0.05, 0) is 48.5 Å². The summed E-state index contributed by atoms with van der Waals surface area (Å²) in [6.07, 6.45) is 0. The Morgan fingerprint density at radius 1 is 0.538 bits per heavy atom. The van der Waals surface area contributed by atoms with Crippen LogP contribution in [0.1, 0.15) is 0 Å². The Kier molecular flexibility index (Phi) is 2.83. The van der Waals surface area contributed by atoms with Gasteiger partial charge >= 0.3 is 0 Å². The molecule has 0 bridgehead atoms. The van der Waals surface area contributed by atoms with Crippen LogP contribution in [0.2, 0.25) is 0 Å². The average molecular weight is 348 g/mol. The fourth-order valence-corrected chi connectivity index (χ4v) is 3.40. The van der Waals surface area contributed by atoms with E-state index in [1.807, 2.05) is 0 Å². The van der Waals surface area contributed by atoms with Crippen molar-refractivity contribution < 1.29 is 8.78 Å². The first-order valence-electron chi connectivity index (χ1n) is 7.92. The normalized spacial score (nSPS) is 11.8. The molecule has 0 radical (unpaired) electrons. The number of hydrogen-bond donors (Lipinski definition) is 2. The number of pyridine rings is 2. The van der Waals surface area contributed by atoms with Gasteiger partial charge < -0.3 is 9.97 Å². The molecular formula is C20H10F2N2O2. The maximum Gasteiger partial charge on any atom is 0.197 e. The minimum absolute atomic E-state index is 0.268. The monoisotopic (exact) mass is 348 g/mol. The molecule has 3 aromatic carbocycles. The predicted molar refractivity (Wildman–Crippen MR) is 97.6 cm³/mol. The maximum atomic E-state index is 13.5. The van der Waals surface area contributed by atoms with Crippen molar-refractivity contribution in [1.82, 2.24) is 9.97 Å². The molecule has 0 atom stereocenters. The fourth-order valence-electron chi connectivity index (χ4n) is 3.40. The van der Waals surface area contributed by atoms with Crippen molar-refractivity contribution in [3.8, 4) is 0 Å². The van der Waals surface area contributed by atoms with Crippen LogP contribution in [0.15, 0.2) is 58.1 Å². The van der Waals surface area contributed by atoms with Crippen LogP contribution in [0.25, 0.3) is 43.6 Å². The summed E-state index contributed by atoms with van der Waals surface area (Å²) < 4.78 is 27.0. The van der Waals surface area contributed by atoms with E-state index in [1.165, 1.54) is 36.4 Å². The Labute approximate surface area is 143 Å². The van der Waals surface area contributed by atoms with Crippen molar-refractivity contribution >= 4 is 43.6 Å². The first-order valence-corrected chi connectivity index (χ1v) is 7.92. The van der Waals surface area contributed by atoms with Crippen LogP contribution in [-0.4, -0.2) is 9.97 Å². The molecule has 2 N–H and O–H groups in total. The lowest BCUT2D eigenvalue weighted by Crippen LogP contribution is -2.08. The molecule has 126 valence electrons. The van der Waals surface area contributed by atoms with Crippen LogP contribution in [0, 0.1) is 11.6 Å². The molecule has 26 heavy (non-hydrogen) atoms. The number of rotatable bonds is 0. The van der Waals surface area contributed by atoms with E-state index in [2.05, 4.69) is 9.97 Å². The van der Waals surface area contributed by atoms with E-state index in [9.17, 15) is 18.4 Å². The summed E-state index contributed by atoms with van der Waals surface area (Å²) in [6.45, 7) is 0. The number of nitrogens with one attached hydrogen (secondary N) is 2. The number of hydrogen-bond acceptors (Lipinski definition) is 2. The number of halogens is 2. The third kappa shape index (κ3) is 1.99. The van der Waals surface area contributed by atoms with Crippen molar-refractivity contribution in [3.63, 3.8) is 0 Å². The zero-order chi connectivity index (χ0) is 18.0. The average Bonchev–Trinajstić information content (AvgIpc) is 2.61. The first-order chi connectivity index (χ1) is 12.5. The second kappa shape index (κ2) is 4.98. The highest BCUT2D eigenvalue weighted by atomic mass is 19.1. The van der Waals surface area contributed by atoms with E-state index in [0.717, 1.165) is 0 Å². The largest absolute Gasteiger partial charge is 0.354 e. The lowest BCUT2D eigenvalue weighted by atomic mass is 10.1. The molecule has 0 unspecified atom stereocenters. The smallest absolute Gasteiger partial charge is 0.197 e. The summed E-state index contributed by atoms with van der Waals surface area (Å²) in [7, 11) is 0. The van der Waals surface area contributed by atoms with Gasteiger partial charge in [0.05, 0.1) is 22.1 Å². The lowest BCUT2D eigenvalue weighted by molar-refractivity contribution is 0.629. The summed E-state index contributed by atoms with van der Waals surface area (Å²) >= 11 is 0. The molecule has 4 nitrogen and oxygen atoms in total. The van der Waals surface area contributed by atoms with Crippen LogP contribution in [-0.2, 0) is 0 Å². The Bertz CT molecular complexity index is 1380. The fraction of sp³-hybridized carbons (Fsp3) is 0. The maximum absolute atomic E-state index is 13.5. The molecule has 0 aliphatic rings. The van der Waals surface area contributed by atoms with E-state index >= 15 is 0 Å². The Hall–Kier alpha value is -3.54. The number of aromatic nitrogens is 2. The molecule has 0 aliphatic heterocycles. The van der Waals surface area contributed by atoms with Gasteiger partial charge in [0.2, 0.25) is 0 Å². The summed E-state index contributed by atoms with van der Waals surface area (Å²) in [5.74, 6) is -0.918. The Morgan fingerprint density at radius 3 is 1.35 bits per heavy atom. The summed E-state index contributed by atoms with van der Waals surface area (Å²) in [6, 6.07) is 10.9. The Morgan fingerprint density at radius 2 is 0.923 bits per heavy atom. The molecule has 5 rings (SSSR count). The second-order valence-corrected chi connectivity index (χ2v) is 6.23. The number of aromatic amines is 2. The highest BCUT2D eigenvalue weighted by molar-refractivity contribution is 6.02.